The van der Waals surface area contributed by atoms with Gasteiger partial charge in [-0.3, -0.25) is 14.6 Å². The summed E-state index contributed by atoms with van der Waals surface area (Å²) >= 11 is 0. The van der Waals surface area contributed by atoms with Crippen molar-refractivity contribution in [2.24, 2.45) is 4.99 Å². The first-order valence-corrected chi connectivity index (χ1v) is 10.5. The van der Waals surface area contributed by atoms with E-state index in [1.807, 2.05) is 26.0 Å². The van der Waals surface area contributed by atoms with E-state index < -0.39 is 0 Å². The molecule has 0 saturated carbocycles. The van der Waals surface area contributed by atoms with Crippen molar-refractivity contribution in [3.63, 3.8) is 0 Å². The van der Waals surface area contributed by atoms with Crippen molar-refractivity contribution in [1.82, 2.24) is 0 Å². The highest BCUT2D eigenvalue weighted by atomic mass is 16.5. The van der Waals surface area contributed by atoms with E-state index in [0.29, 0.717) is 23.7 Å². The van der Waals surface area contributed by atoms with Crippen LogP contribution >= 0.6 is 0 Å². The van der Waals surface area contributed by atoms with Crippen LogP contribution in [0.5, 0.6) is 11.5 Å². The Labute approximate surface area is 187 Å². The molecule has 2 aromatic rings. The van der Waals surface area contributed by atoms with Crippen LogP contribution in [-0.2, 0) is 19.1 Å². The molecule has 0 aliphatic carbocycles. The third-order valence-corrected chi connectivity index (χ3v) is 4.74. The van der Waals surface area contributed by atoms with E-state index in [1.54, 1.807) is 48.5 Å². The molecule has 0 radical (unpaired) electrons. The molecule has 2 aromatic carbocycles. The largest absolute Gasteiger partial charge is 0.495 e. The molecule has 0 aromatic heterocycles. The topological polar surface area (TPSA) is 83.4 Å². The summed E-state index contributed by atoms with van der Waals surface area (Å²) in [6, 6.07) is 17.8. The van der Waals surface area contributed by atoms with Gasteiger partial charge in [-0.2, -0.15) is 0 Å². The van der Waals surface area contributed by atoms with Gasteiger partial charge in [-0.05, 0) is 38.1 Å². The van der Waals surface area contributed by atoms with Crippen LogP contribution in [0.4, 0.5) is 0 Å². The molecule has 0 amide bonds. The molecule has 1 heterocycles. The molecule has 7 heteroatoms. The van der Waals surface area contributed by atoms with Crippen LogP contribution in [0.15, 0.2) is 77.1 Å². The van der Waals surface area contributed by atoms with Crippen LogP contribution in [0, 0.1) is 0 Å². The molecular formula is C25H27NO6. The fourth-order valence-electron chi connectivity index (χ4n) is 3.09. The molecule has 0 N–H and O–H groups in total. The van der Waals surface area contributed by atoms with Gasteiger partial charge in [0.15, 0.2) is 0 Å². The zero-order valence-corrected chi connectivity index (χ0v) is 18.3. The van der Waals surface area contributed by atoms with Crippen LogP contribution in [0.3, 0.4) is 0 Å². The van der Waals surface area contributed by atoms with Crippen LogP contribution < -0.4 is 9.47 Å². The first kappa shape index (κ1) is 23.2. The van der Waals surface area contributed by atoms with Gasteiger partial charge in [0.05, 0.1) is 31.8 Å². The molecule has 7 nitrogen and oxygen atoms in total. The number of benzene rings is 2. The molecule has 1 atom stereocenters. The number of hydrogen-bond acceptors (Lipinski definition) is 7. The number of ether oxygens (including phenoxy) is 4. The van der Waals surface area contributed by atoms with Crippen molar-refractivity contribution >= 4 is 17.7 Å². The summed E-state index contributed by atoms with van der Waals surface area (Å²) in [7, 11) is 0. The minimum atomic E-state index is -0.366. The molecule has 1 aliphatic heterocycles. The second-order valence-electron chi connectivity index (χ2n) is 7.25. The second kappa shape index (κ2) is 11.8. The molecule has 1 aliphatic rings. The number of aliphatic imine (C=N–C) groups is 1. The van der Waals surface area contributed by atoms with Crippen molar-refractivity contribution in [3.8, 4) is 11.5 Å². The van der Waals surface area contributed by atoms with E-state index >= 15 is 0 Å². The van der Waals surface area contributed by atoms with E-state index in [0.717, 1.165) is 11.4 Å². The van der Waals surface area contributed by atoms with Gasteiger partial charge in [0.2, 0.25) is 0 Å². The summed E-state index contributed by atoms with van der Waals surface area (Å²) < 4.78 is 22.2. The Balaban J connectivity index is 1.40. The predicted molar refractivity (Wildman–Crippen MR) is 120 cm³/mol. The lowest BCUT2D eigenvalue weighted by atomic mass is 10.1. The summed E-state index contributed by atoms with van der Waals surface area (Å²) in [5.41, 5.74) is 1.57. The molecule has 1 unspecified atom stereocenters. The predicted octanol–water partition coefficient (Wildman–Crippen LogP) is 4.48. The third-order valence-electron chi connectivity index (χ3n) is 4.74. The Kier molecular flexibility index (Phi) is 8.57. The van der Waals surface area contributed by atoms with Gasteiger partial charge in [-0.25, -0.2) is 0 Å². The van der Waals surface area contributed by atoms with Gasteiger partial charge < -0.3 is 18.9 Å². The maximum Gasteiger partial charge on any atom is 0.314 e. The molecule has 0 fully saturated rings. The first-order chi connectivity index (χ1) is 15.5. The van der Waals surface area contributed by atoms with Crippen molar-refractivity contribution in [3.05, 3.63) is 72.1 Å². The lowest BCUT2D eigenvalue weighted by Crippen LogP contribution is -2.28. The summed E-state index contributed by atoms with van der Waals surface area (Å²) in [6.07, 6.45) is 0.436. The number of allylic oxidation sites excluding steroid dienone is 1. The van der Waals surface area contributed by atoms with Gasteiger partial charge in [-0.1, -0.05) is 36.4 Å². The van der Waals surface area contributed by atoms with Crippen molar-refractivity contribution in [1.29, 1.82) is 0 Å². The molecule has 168 valence electrons. The highest BCUT2D eigenvalue weighted by Crippen LogP contribution is 2.23. The normalized spacial score (nSPS) is 15.7. The molecule has 3 rings (SSSR count). The van der Waals surface area contributed by atoms with Gasteiger partial charge in [0, 0.05) is 12.1 Å². The molecule has 0 saturated heterocycles. The summed E-state index contributed by atoms with van der Waals surface area (Å²) in [5, 5.41) is 0. The van der Waals surface area contributed by atoms with Gasteiger partial charge in [0.25, 0.3) is 0 Å². The third kappa shape index (κ3) is 7.35. The van der Waals surface area contributed by atoms with Crippen LogP contribution in [0.2, 0.25) is 0 Å². The number of hydrogen-bond donors (Lipinski definition) is 0. The molecule has 0 spiro atoms. The number of carbonyl (C=O) groups excluding carboxylic acids is 2. The van der Waals surface area contributed by atoms with Gasteiger partial charge in [0.1, 0.15) is 23.4 Å². The van der Waals surface area contributed by atoms with Crippen molar-refractivity contribution in [2.45, 2.75) is 39.2 Å². The molecule has 0 bridgehead atoms. The van der Waals surface area contributed by atoms with Crippen LogP contribution in [-0.4, -0.2) is 37.0 Å². The van der Waals surface area contributed by atoms with Crippen molar-refractivity contribution in [2.75, 3.05) is 13.2 Å². The first-order valence-electron chi connectivity index (χ1n) is 10.5. The average Bonchev–Trinajstić information content (AvgIpc) is 2.78. The Morgan fingerprint density at radius 2 is 1.38 bits per heavy atom. The fraction of sp³-hybridized carbons (Fsp3) is 0.320. The smallest absolute Gasteiger partial charge is 0.314 e. The zero-order chi connectivity index (χ0) is 22.8. The Morgan fingerprint density at radius 3 is 1.94 bits per heavy atom. The average molecular weight is 437 g/mol. The van der Waals surface area contributed by atoms with Gasteiger partial charge in [-0.15, -0.1) is 0 Å². The van der Waals surface area contributed by atoms with Crippen molar-refractivity contribution < 1.29 is 28.5 Å². The SMILES string of the molecule is CC1=NC(C)=C(OCCC(=O)Oc2ccccc2)CC1OCCC(=O)Oc1ccccc1. The van der Waals surface area contributed by atoms with E-state index in [2.05, 4.69) is 4.99 Å². The lowest BCUT2D eigenvalue weighted by Gasteiger charge is -2.24. The minimum absolute atomic E-state index is 0.116. The Hall–Kier alpha value is -3.45. The molecular weight excluding hydrogens is 410 g/mol. The van der Waals surface area contributed by atoms with Crippen LogP contribution in [0.1, 0.15) is 33.1 Å². The van der Waals surface area contributed by atoms with E-state index in [4.69, 9.17) is 18.9 Å². The number of nitrogens with zero attached hydrogens (tertiary/aromatic N) is 1. The Morgan fingerprint density at radius 1 is 0.844 bits per heavy atom. The highest BCUT2D eigenvalue weighted by Gasteiger charge is 2.23. The molecule has 32 heavy (non-hydrogen) atoms. The van der Waals surface area contributed by atoms with E-state index in [9.17, 15) is 9.59 Å². The summed E-state index contributed by atoms with van der Waals surface area (Å²) in [4.78, 5) is 28.4. The summed E-state index contributed by atoms with van der Waals surface area (Å²) in [6.45, 7) is 4.13. The number of esters is 2. The number of rotatable bonds is 10. The second-order valence-corrected chi connectivity index (χ2v) is 7.25. The van der Waals surface area contributed by atoms with E-state index in [-0.39, 0.29) is 44.1 Å². The van der Waals surface area contributed by atoms with Gasteiger partial charge >= 0.3 is 11.9 Å². The monoisotopic (exact) mass is 437 g/mol. The maximum atomic E-state index is 12.0. The quantitative estimate of drug-likeness (QED) is 0.403. The standard InChI is InChI=1S/C25H27NO6/c1-18-22(29-15-13-24(27)31-20-9-5-3-6-10-20)17-23(19(2)26-18)30-16-14-25(28)32-21-11-7-4-8-12-21/h3-12,22H,13-17H2,1-2H3. The highest BCUT2D eigenvalue weighted by molar-refractivity contribution is 5.88. The number of para-hydroxylation sites is 2. The minimum Gasteiger partial charge on any atom is -0.495 e. The van der Waals surface area contributed by atoms with Crippen LogP contribution in [0.25, 0.3) is 0 Å². The fourth-order valence-corrected chi connectivity index (χ4v) is 3.09. The maximum absolute atomic E-state index is 12.0. The lowest BCUT2D eigenvalue weighted by molar-refractivity contribution is -0.136. The Bertz CT molecular complexity index is 968. The summed E-state index contributed by atoms with van der Waals surface area (Å²) in [5.74, 6) is 0.953. The number of carbonyl (C=O) groups is 2. The zero-order valence-electron chi connectivity index (χ0n) is 18.3. The van der Waals surface area contributed by atoms with E-state index in [1.165, 1.54) is 0 Å².